The second kappa shape index (κ2) is 3.96. The van der Waals surface area contributed by atoms with Crippen LogP contribution in [0.4, 0.5) is 0 Å². The molecule has 1 unspecified atom stereocenters. The molecular weight excluding hydrogens is 204 g/mol. The highest BCUT2D eigenvalue weighted by Gasteiger charge is 2.26. The van der Waals surface area contributed by atoms with Gasteiger partial charge in [-0.25, -0.2) is 0 Å². The van der Waals surface area contributed by atoms with E-state index in [9.17, 15) is 0 Å². The normalized spacial score (nSPS) is 21.3. The molecule has 16 heavy (non-hydrogen) atoms. The molecule has 3 rings (SSSR count). The summed E-state index contributed by atoms with van der Waals surface area (Å²) in [7, 11) is 0. The summed E-state index contributed by atoms with van der Waals surface area (Å²) in [5, 5.41) is 3.24. The zero-order valence-corrected chi connectivity index (χ0v) is 9.11. The molecule has 1 atom stereocenters. The van der Waals surface area contributed by atoms with Crippen LogP contribution in [-0.2, 0) is 0 Å². The summed E-state index contributed by atoms with van der Waals surface area (Å²) in [6, 6.07) is 6.10. The highest BCUT2D eigenvalue weighted by molar-refractivity contribution is 5.44. The minimum atomic E-state index is 0.0945. The van der Waals surface area contributed by atoms with E-state index in [2.05, 4.69) is 5.32 Å². The number of hydrogen-bond acceptors (Lipinski definition) is 4. The quantitative estimate of drug-likeness (QED) is 0.769. The van der Waals surface area contributed by atoms with Gasteiger partial charge in [-0.2, -0.15) is 0 Å². The predicted octanol–water partition coefficient (Wildman–Crippen LogP) is 0.677. The lowest BCUT2D eigenvalue weighted by Gasteiger charge is -2.33. The molecule has 2 aliphatic rings. The van der Waals surface area contributed by atoms with Crippen molar-refractivity contribution in [2.45, 2.75) is 6.04 Å². The van der Waals surface area contributed by atoms with Gasteiger partial charge in [-0.05, 0) is 17.7 Å². The Labute approximate surface area is 94.7 Å². The van der Waals surface area contributed by atoms with E-state index in [1.54, 1.807) is 0 Å². The van der Waals surface area contributed by atoms with Gasteiger partial charge in [0.05, 0.1) is 0 Å². The number of ether oxygens (including phenoxy) is 2. The number of fused-ring (bicyclic) bond motifs is 1. The Hall–Kier alpha value is -1.26. The van der Waals surface area contributed by atoms with E-state index in [4.69, 9.17) is 15.2 Å². The fourth-order valence-corrected chi connectivity index (χ4v) is 2.10. The molecule has 2 heterocycles. The lowest BCUT2D eigenvalue weighted by molar-refractivity contribution is 0.171. The topological polar surface area (TPSA) is 56.5 Å². The van der Waals surface area contributed by atoms with Gasteiger partial charge in [-0.1, -0.05) is 6.07 Å². The Bertz CT molecular complexity index is 391. The predicted molar refractivity (Wildman–Crippen MR) is 60.7 cm³/mol. The van der Waals surface area contributed by atoms with Crippen molar-refractivity contribution in [3.63, 3.8) is 0 Å². The number of rotatable bonds is 2. The molecule has 2 aliphatic heterocycles. The molecule has 86 valence electrons. The molecule has 4 heteroatoms. The fraction of sp³-hybridized carbons (Fsp3) is 0.500. The maximum atomic E-state index is 6.20. The molecule has 3 N–H and O–H groups in total. The van der Waals surface area contributed by atoms with Crippen LogP contribution in [0.3, 0.4) is 0 Å². The van der Waals surface area contributed by atoms with Crippen molar-refractivity contribution in [1.82, 2.24) is 5.32 Å². The first-order valence-electron chi connectivity index (χ1n) is 5.70. The van der Waals surface area contributed by atoms with Crippen molar-refractivity contribution in [1.29, 1.82) is 0 Å². The lowest BCUT2D eigenvalue weighted by atomic mass is 9.89. The molecule has 0 spiro atoms. The van der Waals surface area contributed by atoms with Gasteiger partial charge in [-0.3, -0.25) is 0 Å². The maximum absolute atomic E-state index is 6.20. The largest absolute Gasteiger partial charge is 0.486 e. The maximum Gasteiger partial charge on any atom is 0.161 e. The Morgan fingerprint density at radius 3 is 2.62 bits per heavy atom. The first-order chi connectivity index (χ1) is 7.84. The van der Waals surface area contributed by atoms with Crippen LogP contribution >= 0.6 is 0 Å². The van der Waals surface area contributed by atoms with Crippen molar-refractivity contribution >= 4 is 0 Å². The molecular formula is C12H16N2O2. The molecule has 0 aromatic heterocycles. The number of hydrogen-bond donors (Lipinski definition) is 2. The standard InChI is InChI=1S/C12H16N2O2/c13-12(9-6-14-7-9)8-1-2-10-11(5-8)16-4-3-15-10/h1-2,5,9,12,14H,3-4,6-7,13H2. The molecule has 0 bridgehead atoms. The van der Waals surface area contributed by atoms with E-state index in [-0.39, 0.29) is 6.04 Å². The summed E-state index contributed by atoms with van der Waals surface area (Å²) < 4.78 is 11.0. The van der Waals surface area contributed by atoms with Crippen LogP contribution < -0.4 is 20.5 Å². The van der Waals surface area contributed by atoms with Crippen LogP contribution in [0.2, 0.25) is 0 Å². The van der Waals surface area contributed by atoms with E-state index < -0.39 is 0 Å². The van der Waals surface area contributed by atoms with Gasteiger partial charge in [0, 0.05) is 25.0 Å². The van der Waals surface area contributed by atoms with E-state index in [0.717, 1.165) is 30.2 Å². The summed E-state index contributed by atoms with van der Waals surface area (Å²) in [6.07, 6.45) is 0. The monoisotopic (exact) mass is 220 g/mol. The van der Waals surface area contributed by atoms with Crippen molar-refractivity contribution in [3.8, 4) is 11.5 Å². The third-order valence-electron chi connectivity index (χ3n) is 3.27. The van der Waals surface area contributed by atoms with Gasteiger partial charge in [-0.15, -0.1) is 0 Å². The summed E-state index contributed by atoms with van der Waals surface area (Å²) in [5.74, 6) is 2.20. The third kappa shape index (κ3) is 1.64. The Morgan fingerprint density at radius 2 is 1.94 bits per heavy atom. The lowest BCUT2D eigenvalue weighted by Crippen LogP contribution is -2.47. The van der Waals surface area contributed by atoms with Crippen LogP contribution in [0.5, 0.6) is 11.5 Å². The Balaban J connectivity index is 1.84. The Kier molecular flexibility index (Phi) is 2.46. The zero-order valence-electron chi connectivity index (χ0n) is 9.11. The molecule has 0 radical (unpaired) electrons. The van der Waals surface area contributed by atoms with Crippen LogP contribution in [-0.4, -0.2) is 26.3 Å². The van der Waals surface area contributed by atoms with E-state index in [0.29, 0.717) is 19.1 Å². The second-order valence-electron chi connectivity index (χ2n) is 4.35. The van der Waals surface area contributed by atoms with Gasteiger partial charge in [0.2, 0.25) is 0 Å². The van der Waals surface area contributed by atoms with Crippen molar-refractivity contribution in [2.75, 3.05) is 26.3 Å². The molecule has 4 nitrogen and oxygen atoms in total. The molecule has 1 saturated heterocycles. The van der Waals surface area contributed by atoms with Crippen molar-refractivity contribution in [2.24, 2.45) is 11.7 Å². The zero-order chi connectivity index (χ0) is 11.0. The summed E-state index contributed by atoms with van der Waals surface area (Å²) in [5.41, 5.74) is 7.33. The minimum Gasteiger partial charge on any atom is -0.486 e. The van der Waals surface area contributed by atoms with E-state index in [1.165, 1.54) is 0 Å². The summed E-state index contributed by atoms with van der Waals surface area (Å²) in [6.45, 7) is 3.27. The highest BCUT2D eigenvalue weighted by atomic mass is 16.6. The Morgan fingerprint density at radius 1 is 1.19 bits per heavy atom. The average molecular weight is 220 g/mol. The second-order valence-corrected chi connectivity index (χ2v) is 4.35. The van der Waals surface area contributed by atoms with Crippen LogP contribution in [0.1, 0.15) is 11.6 Å². The van der Waals surface area contributed by atoms with Crippen LogP contribution in [0.15, 0.2) is 18.2 Å². The molecule has 1 aromatic rings. The molecule has 0 amide bonds. The van der Waals surface area contributed by atoms with Gasteiger partial charge in [0.25, 0.3) is 0 Å². The minimum absolute atomic E-state index is 0.0945. The number of nitrogens with one attached hydrogen (secondary N) is 1. The van der Waals surface area contributed by atoms with Gasteiger partial charge in [0.15, 0.2) is 11.5 Å². The van der Waals surface area contributed by atoms with Gasteiger partial charge < -0.3 is 20.5 Å². The van der Waals surface area contributed by atoms with Crippen LogP contribution in [0.25, 0.3) is 0 Å². The van der Waals surface area contributed by atoms with E-state index >= 15 is 0 Å². The summed E-state index contributed by atoms with van der Waals surface area (Å²) in [4.78, 5) is 0. The summed E-state index contributed by atoms with van der Waals surface area (Å²) >= 11 is 0. The average Bonchev–Trinajstić information content (AvgIpc) is 2.26. The molecule has 0 saturated carbocycles. The van der Waals surface area contributed by atoms with Gasteiger partial charge >= 0.3 is 0 Å². The molecule has 0 aliphatic carbocycles. The first-order valence-corrected chi connectivity index (χ1v) is 5.70. The van der Waals surface area contributed by atoms with Crippen molar-refractivity contribution < 1.29 is 9.47 Å². The smallest absolute Gasteiger partial charge is 0.161 e. The van der Waals surface area contributed by atoms with Crippen LogP contribution in [0, 0.1) is 5.92 Å². The SMILES string of the molecule is NC(c1ccc2c(c1)OCCO2)C1CNC1. The van der Waals surface area contributed by atoms with Gasteiger partial charge in [0.1, 0.15) is 13.2 Å². The first kappa shape index (κ1) is 9.93. The molecule has 1 fully saturated rings. The number of nitrogens with two attached hydrogens (primary N) is 1. The third-order valence-corrected chi connectivity index (χ3v) is 3.27. The highest BCUT2D eigenvalue weighted by Crippen LogP contribution is 2.34. The fourth-order valence-electron chi connectivity index (χ4n) is 2.10. The van der Waals surface area contributed by atoms with Crippen molar-refractivity contribution in [3.05, 3.63) is 23.8 Å². The van der Waals surface area contributed by atoms with E-state index in [1.807, 2.05) is 18.2 Å². The number of benzene rings is 1. The molecule has 1 aromatic carbocycles.